The van der Waals surface area contributed by atoms with Crippen molar-refractivity contribution >= 4 is 34.7 Å². The highest BCUT2D eigenvalue weighted by atomic mass is 35.5. The van der Waals surface area contributed by atoms with E-state index in [9.17, 15) is 14.7 Å². The number of ketones is 1. The minimum absolute atomic E-state index is 0.0318. The molecule has 5 nitrogen and oxygen atoms in total. The van der Waals surface area contributed by atoms with Crippen LogP contribution in [-0.2, 0) is 9.59 Å². The van der Waals surface area contributed by atoms with Gasteiger partial charge in [-0.15, -0.1) is 0 Å². The molecular formula is C24H18ClNO4. The lowest BCUT2D eigenvalue weighted by atomic mass is 9.95. The van der Waals surface area contributed by atoms with Crippen molar-refractivity contribution in [3.8, 4) is 5.75 Å². The number of aliphatic hydroxyl groups is 1. The Labute approximate surface area is 178 Å². The number of rotatable bonds is 4. The van der Waals surface area contributed by atoms with Gasteiger partial charge in [-0.3, -0.25) is 14.5 Å². The van der Waals surface area contributed by atoms with Gasteiger partial charge in [0.05, 0.1) is 18.7 Å². The second-order valence-corrected chi connectivity index (χ2v) is 7.22. The van der Waals surface area contributed by atoms with Crippen LogP contribution in [0, 0.1) is 0 Å². The Kier molecular flexibility index (Phi) is 5.29. The molecule has 0 radical (unpaired) electrons. The molecule has 3 aromatic rings. The minimum Gasteiger partial charge on any atom is -0.507 e. The molecule has 4 rings (SSSR count). The van der Waals surface area contributed by atoms with Crippen molar-refractivity contribution in [1.29, 1.82) is 0 Å². The third-order valence-electron chi connectivity index (χ3n) is 5.03. The number of halogens is 1. The van der Waals surface area contributed by atoms with Gasteiger partial charge in [-0.1, -0.05) is 41.9 Å². The number of Topliss-reactive ketones (excluding diaryl/α,β-unsaturated/α-hetero) is 1. The fourth-order valence-electron chi connectivity index (χ4n) is 3.56. The van der Waals surface area contributed by atoms with Gasteiger partial charge in [0, 0.05) is 16.3 Å². The predicted molar refractivity (Wildman–Crippen MR) is 116 cm³/mol. The SMILES string of the molecule is COc1ccc(N2C(=O)C(=O)C(=C(O)c3ccc(Cl)cc3)[C@@H]2c2ccccc2)cc1. The summed E-state index contributed by atoms with van der Waals surface area (Å²) in [5.74, 6) is -1.06. The van der Waals surface area contributed by atoms with Crippen LogP contribution in [0.4, 0.5) is 5.69 Å². The van der Waals surface area contributed by atoms with Gasteiger partial charge in [-0.2, -0.15) is 0 Å². The van der Waals surface area contributed by atoms with Crippen molar-refractivity contribution in [3.63, 3.8) is 0 Å². The third kappa shape index (κ3) is 3.44. The van der Waals surface area contributed by atoms with Crippen LogP contribution >= 0.6 is 11.6 Å². The van der Waals surface area contributed by atoms with Gasteiger partial charge in [-0.25, -0.2) is 0 Å². The molecule has 1 heterocycles. The molecule has 150 valence electrons. The molecule has 0 saturated carbocycles. The molecule has 1 aliphatic rings. The zero-order valence-corrected chi connectivity index (χ0v) is 16.8. The fourth-order valence-corrected chi connectivity index (χ4v) is 3.68. The van der Waals surface area contributed by atoms with Gasteiger partial charge >= 0.3 is 0 Å². The minimum atomic E-state index is -0.768. The van der Waals surface area contributed by atoms with Crippen LogP contribution in [0.5, 0.6) is 5.75 Å². The molecule has 1 fully saturated rings. The summed E-state index contributed by atoms with van der Waals surface area (Å²) in [6, 6.07) is 21.7. The van der Waals surface area contributed by atoms with E-state index in [1.165, 1.54) is 4.90 Å². The maximum absolute atomic E-state index is 13.0. The van der Waals surface area contributed by atoms with Crippen molar-refractivity contribution in [2.75, 3.05) is 12.0 Å². The zero-order chi connectivity index (χ0) is 21.3. The molecule has 1 aliphatic heterocycles. The maximum Gasteiger partial charge on any atom is 0.300 e. The number of benzene rings is 3. The smallest absolute Gasteiger partial charge is 0.300 e. The Hall–Kier alpha value is -3.57. The van der Waals surface area contributed by atoms with E-state index in [-0.39, 0.29) is 11.3 Å². The molecule has 3 aromatic carbocycles. The first-order valence-corrected chi connectivity index (χ1v) is 9.65. The number of amides is 1. The van der Waals surface area contributed by atoms with Crippen LogP contribution in [-0.4, -0.2) is 23.9 Å². The first kappa shape index (κ1) is 19.7. The number of aliphatic hydroxyl groups excluding tert-OH is 1. The number of carbonyl (C=O) groups is 2. The van der Waals surface area contributed by atoms with Gasteiger partial charge in [0.15, 0.2) is 0 Å². The van der Waals surface area contributed by atoms with E-state index >= 15 is 0 Å². The van der Waals surface area contributed by atoms with Crippen LogP contribution in [0.2, 0.25) is 5.02 Å². The van der Waals surface area contributed by atoms with Crippen molar-refractivity contribution in [3.05, 3.63) is 101 Å². The van der Waals surface area contributed by atoms with E-state index < -0.39 is 17.7 Å². The van der Waals surface area contributed by atoms with Gasteiger partial charge in [-0.05, 0) is 54.1 Å². The van der Waals surface area contributed by atoms with Crippen LogP contribution in [0.25, 0.3) is 5.76 Å². The second-order valence-electron chi connectivity index (χ2n) is 6.78. The number of methoxy groups -OCH3 is 1. The largest absolute Gasteiger partial charge is 0.507 e. The Morgan fingerprint density at radius 2 is 1.57 bits per heavy atom. The molecule has 0 bridgehead atoms. The van der Waals surface area contributed by atoms with Crippen LogP contribution in [0.3, 0.4) is 0 Å². The summed E-state index contributed by atoms with van der Waals surface area (Å²) in [4.78, 5) is 27.4. The van der Waals surface area contributed by atoms with E-state index in [0.717, 1.165) is 0 Å². The number of ether oxygens (including phenoxy) is 1. The molecule has 0 spiro atoms. The molecule has 1 N–H and O–H groups in total. The van der Waals surface area contributed by atoms with Crippen molar-refractivity contribution in [2.24, 2.45) is 0 Å². The van der Waals surface area contributed by atoms with Crippen molar-refractivity contribution < 1.29 is 19.4 Å². The average molecular weight is 420 g/mol. The van der Waals surface area contributed by atoms with E-state index in [2.05, 4.69) is 0 Å². The number of hydrogen-bond donors (Lipinski definition) is 1. The van der Waals surface area contributed by atoms with Crippen molar-refractivity contribution in [2.45, 2.75) is 6.04 Å². The monoisotopic (exact) mass is 419 g/mol. The van der Waals surface area contributed by atoms with Gasteiger partial charge < -0.3 is 9.84 Å². The van der Waals surface area contributed by atoms with E-state index in [1.54, 1.807) is 55.6 Å². The molecule has 1 atom stereocenters. The lowest BCUT2D eigenvalue weighted by molar-refractivity contribution is -0.132. The second kappa shape index (κ2) is 8.05. The van der Waals surface area contributed by atoms with E-state index in [0.29, 0.717) is 27.6 Å². The zero-order valence-electron chi connectivity index (χ0n) is 16.1. The molecule has 0 aliphatic carbocycles. The van der Waals surface area contributed by atoms with Crippen LogP contribution in [0.1, 0.15) is 17.2 Å². The summed E-state index contributed by atoms with van der Waals surface area (Å²) in [6.45, 7) is 0. The Bertz CT molecular complexity index is 1120. The molecule has 6 heteroatoms. The Morgan fingerprint density at radius 1 is 0.933 bits per heavy atom. The molecule has 0 aromatic heterocycles. The average Bonchev–Trinajstić information content (AvgIpc) is 3.05. The topological polar surface area (TPSA) is 66.8 Å². The molecule has 30 heavy (non-hydrogen) atoms. The summed E-state index contributed by atoms with van der Waals surface area (Å²) in [5, 5.41) is 11.5. The standard InChI is InChI=1S/C24H18ClNO4/c1-30-19-13-11-18(12-14-19)26-21(15-5-3-2-4-6-15)20(23(28)24(26)29)22(27)16-7-9-17(25)10-8-16/h2-14,21,27H,1H3/t21-/m0/s1. The summed E-state index contributed by atoms with van der Waals surface area (Å²) >= 11 is 5.94. The van der Waals surface area contributed by atoms with Crippen LogP contribution in [0.15, 0.2) is 84.4 Å². The third-order valence-corrected chi connectivity index (χ3v) is 5.28. The van der Waals surface area contributed by atoms with Crippen LogP contribution < -0.4 is 9.64 Å². The molecule has 1 saturated heterocycles. The number of carbonyl (C=O) groups excluding carboxylic acids is 2. The first-order valence-electron chi connectivity index (χ1n) is 9.27. The molecular weight excluding hydrogens is 402 g/mol. The quantitative estimate of drug-likeness (QED) is 0.368. The summed E-state index contributed by atoms with van der Waals surface area (Å²) in [6.07, 6.45) is 0. The number of anilines is 1. The molecule has 1 amide bonds. The summed E-state index contributed by atoms with van der Waals surface area (Å²) in [5.41, 5.74) is 1.68. The number of hydrogen-bond acceptors (Lipinski definition) is 4. The Morgan fingerprint density at radius 3 is 2.17 bits per heavy atom. The van der Waals surface area contributed by atoms with Gasteiger partial charge in [0.1, 0.15) is 11.5 Å². The first-order chi connectivity index (χ1) is 14.5. The lowest BCUT2D eigenvalue weighted by Crippen LogP contribution is -2.29. The predicted octanol–water partition coefficient (Wildman–Crippen LogP) is 4.97. The highest BCUT2D eigenvalue weighted by molar-refractivity contribution is 6.51. The van der Waals surface area contributed by atoms with E-state index in [4.69, 9.17) is 16.3 Å². The summed E-state index contributed by atoms with van der Waals surface area (Å²) in [7, 11) is 1.55. The van der Waals surface area contributed by atoms with Gasteiger partial charge in [0.2, 0.25) is 0 Å². The highest BCUT2D eigenvalue weighted by Crippen LogP contribution is 2.42. The lowest BCUT2D eigenvalue weighted by Gasteiger charge is -2.25. The summed E-state index contributed by atoms with van der Waals surface area (Å²) < 4.78 is 5.19. The van der Waals surface area contributed by atoms with Crippen molar-refractivity contribution in [1.82, 2.24) is 0 Å². The van der Waals surface area contributed by atoms with E-state index in [1.807, 2.05) is 30.3 Å². The number of nitrogens with zero attached hydrogens (tertiary/aromatic N) is 1. The van der Waals surface area contributed by atoms with Gasteiger partial charge in [0.25, 0.3) is 11.7 Å². The maximum atomic E-state index is 13.0. The Balaban J connectivity index is 1.90. The fraction of sp³-hybridized carbons (Fsp3) is 0.0833. The highest BCUT2D eigenvalue weighted by Gasteiger charge is 2.46. The normalized spacial score (nSPS) is 17.9. The molecule has 0 unspecified atom stereocenters.